The van der Waals surface area contributed by atoms with Crippen LogP contribution >= 0.6 is 0 Å². The summed E-state index contributed by atoms with van der Waals surface area (Å²) in [5.74, 6) is -0.408. The number of hydrogen-bond acceptors (Lipinski definition) is 3. The van der Waals surface area contributed by atoms with Gasteiger partial charge in [0, 0.05) is 17.8 Å². The molecule has 98 valence electrons. The van der Waals surface area contributed by atoms with E-state index < -0.39 is 5.82 Å². The van der Waals surface area contributed by atoms with E-state index in [0.29, 0.717) is 24.2 Å². The number of halogens is 1. The summed E-state index contributed by atoms with van der Waals surface area (Å²) >= 11 is 0. The minimum absolute atomic E-state index is 0.315. The van der Waals surface area contributed by atoms with Crippen LogP contribution in [0, 0.1) is 31.0 Å². The number of benzene rings is 1. The molecule has 0 saturated heterocycles. The van der Waals surface area contributed by atoms with Gasteiger partial charge in [0.1, 0.15) is 5.82 Å². The molecule has 0 bridgehead atoms. The summed E-state index contributed by atoms with van der Waals surface area (Å²) in [5.41, 5.74) is 9.57. The molecular formula is C14H15FN4. The van der Waals surface area contributed by atoms with Gasteiger partial charge in [-0.25, -0.2) is 4.39 Å². The lowest BCUT2D eigenvalue weighted by atomic mass is 10.1. The zero-order chi connectivity index (χ0) is 14.0. The van der Waals surface area contributed by atoms with Crippen LogP contribution < -0.4 is 5.73 Å². The van der Waals surface area contributed by atoms with E-state index in [1.54, 1.807) is 10.7 Å². The highest BCUT2D eigenvalue weighted by Gasteiger charge is 2.10. The fourth-order valence-electron chi connectivity index (χ4n) is 2.16. The molecule has 0 fully saturated rings. The number of hydrogen-bond donors (Lipinski definition) is 1. The molecule has 0 atom stereocenters. The number of nitrogens with two attached hydrogens (primary N) is 1. The van der Waals surface area contributed by atoms with Crippen molar-refractivity contribution in [1.29, 1.82) is 5.26 Å². The van der Waals surface area contributed by atoms with Crippen LogP contribution in [0.3, 0.4) is 0 Å². The Morgan fingerprint density at radius 2 is 2.11 bits per heavy atom. The van der Waals surface area contributed by atoms with E-state index in [9.17, 15) is 4.39 Å². The molecule has 0 saturated carbocycles. The van der Waals surface area contributed by atoms with Gasteiger partial charge in [-0.15, -0.1) is 0 Å². The lowest BCUT2D eigenvalue weighted by Gasteiger charge is -2.06. The normalized spacial score (nSPS) is 10.5. The maximum atomic E-state index is 13.4. The van der Waals surface area contributed by atoms with Gasteiger partial charge in [-0.05, 0) is 37.6 Å². The van der Waals surface area contributed by atoms with Crippen LogP contribution in [0.25, 0.3) is 0 Å². The van der Waals surface area contributed by atoms with Crippen LogP contribution in [0.15, 0.2) is 18.2 Å². The van der Waals surface area contributed by atoms with Gasteiger partial charge in [0.05, 0.1) is 23.9 Å². The Labute approximate surface area is 111 Å². The summed E-state index contributed by atoms with van der Waals surface area (Å²) in [5, 5.41) is 13.2. The van der Waals surface area contributed by atoms with E-state index >= 15 is 0 Å². The number of nitrogens with zero attached hydrogens (tertiary/aromatic N) is 3. The van der Waals surface area contributed by atoms with Crippen molar-refractivity contribution in [3.8, 4) is 6.07 Å². The molecule has 19 heavy (non-hydrogen) atoms. The topological polar surface area (TPSA) is 67.6 Å². The second kappa shape index (κ2) is 5.21. The van der Waals surface area contributed by atoms with Crippen LogP contribution in [0.1, 0.15) is 28.1 Å². The Morgan fingerprint density at radius 3 is 2.68 bits per heavy atom. The van der Waals surface area contributed by atoms with E-state index in [4.69, 9.17) is 11.0 Å². The molecule has 0 aliphatic rings. The van der Waals surface area contributed by atoms with E-state index in [1.165, 1.54) is 12.1 Å². The minimum Gasteiger partial charge on any atom is -0.326 e. The number of aromatic nitrogens is 2. The molecular weight excluding hydrogens is 243 g/mol. The smallest absolute Gasteiger partial charge is 0.124 e. The van der Waals surface area contributed by atoms with Crippen molar-refractivity contribution in [2.75, 3.05) is 0 Å². The summed E-state index contributed by atoms with van der Waals surface area (Å²) in [7, 11) is 0. The highest BCUT2D eigenvalue weighted by Crippen LogP contribution is 2.15. The maximum absolute atomic E-state index is 13.4. The molecule has 4 nitrogen and oxygen atoms in total. The SMILES string of the molecule is Cc1nn(Cc2cc(F)cc(C#N)c2)c(C)c1CN. The average Bonchev–Trinajstić information content (AvgIpc) is 2.63. The second-order valence-corrected chi connectivity index (χ2v) is 4.47. The average molecular weight is 258 g/mol. The van der Waals surface area contributed by atoms with Crippen molar-refractivity contribution >= 4 is 0 Å². The number of nitriles is 1. The fourth-order valence-corrected chi connectivity index (χ4v) is 2.16. The maximum Gasteiger partial charge on any atom is 0.124 e. The molecule has 0 aliphatic carbocycles. The Balaban J connectivity index is 2.37. The Bertz CT molecular complexity index is 652. The van der Waals surface area contributed by atoms with Gasteiger partial charge in [-0.1, -0.05) is 0 Å². The van der Waals surface area contributed by atoms with Crippen LogP contribution in [0.5, 0.6) is 0 Å². The molecule has 2 N–H and O–H groups in total. The van der Waals surface area contributed by atoms with Crippen LogP contribution in [-0.4, -0.2) is 9.78 Å². The largest absolute Gasteiger partial charge is 0.326 e. The van der Waals surface area contributed by atoms with Crippen LogP contribution in [0.4, 0.5) is 4.39 Å². The monoisotopic (exact) mass is 258 g/mol. The molecule has 0 radical (unpaired) electrons. The quantitative estimate of drug-likeness (QED) is 0.915. The third kappa shape index (κ3) is 2.64. The molecule has 0 aliphatic heterocycles. The van der Waals surface area contributed by atoms with Crippen molar-refractivity contribution < 1.29 is 4.39 Å². The third-order valence-corrected chi connectivity index (χ3v) is 3.15. The van der Waals surface area contributed by atoms with Crippen molar-refractivity contribution in [1.82, 2.24) is 9.78 Å². The summed E-state index contributed by atoms with van der Waals surface area (Å²) < 4.78 is 15.2. The first-order chi connectivity index (χ1) is 9.05. The molecule has 2 aromatic rings. The summed E-state index contributed by atoms with van der Waals surface area (Å²) in [4.78, 5) is 0. The van der Waals surface area contributed by atoms with Crippen LogP contribution in [0.2, 0.25) is 0 Å². The first kappa shape index (κ1) is 13.2. The third-order valence-electron chi connectivity index (χ3n) is 3.15. The number of rotatable bonds is 3. The van der Waals surface area contributed by atoms with Gasteiger partial charge in [0.2, 0.25) is 0 Å². The zero-order valence-corrected chi connectivity index (χ0v) is 10.9. The second-order valence-electron chi connectivity index (χ2n) is 4.47. The Morgan fingerprint density at radius 1 is 1.37 bits per heavy atom. The standard InChI is InChI=1S/C14H15FN4/c1-9-14(7-17)10(2)19(18-9)8-12-3-11(6-16)4-13(15)5-12/h3-5H,7-8,17H2,1-2H3. The van der Waals surface area contributed by atoms with Gasteiger partial charge < -0.3 is 5.73 Å². The predicted octanol–water partition coefficient (Wildman–Crippen LogP) is 2.02. The zero-order valence-electron chi connectivity index (χ0n) is 10.9. The molecule has 5 heteroatoms. The summed E-state index contributed by atoms with van der Waals surface area (Å²) in [6.07, 6.45) is 0. The lowest BCUT2D eigenvalue weighted by Crippen LogP contribution is -2.06. The Kier molecular flexibility index (Phi) is 3.63. The van der Waals surface area contributed by atoms with Gasteiger partial charge in [0.15, 0.2) is 0 Å². The van der Waals surface area contributed by atoms with E-state index in [2.05, 4.69) is 5.10 Å². The molecule has 0 amide bonds. The van der Waals surface area contributed by atoms with E-state index in [1.807, 2.05) is 19.9 Å². The fraction of sp³-hybridized carbons (Fsp3) is 0.286. The highest BCUT2D eigenvalue weighted by molar-refractivity contribution is 5.34. The summed E-state index contributed by atoms with van der Waals surface area (Å²) in [6.45, 7) is 4.70. The van der Waals surface area contributed by atoms with Crippen LogP contribution in [-0.2, 0) is 13.1 Å². The van der Waals surface area contributed by atoms with Crippen molar-refractivity contribution in [3.05, 3.63) is 52.1 Å². The van der Waals surface area contributed by atoms with Crippen molar-refractivity contribution in [2.45, 2.75) is 26.9 Å². The first-order valence-electron chi connectivity index (χ1n) is 5.97. The van der Waals surface area contributed by atoms with Crippen molar-refractivity contribution in [2.24, 2.45) is 5.73 Å². The Hall–Kier alpha value is -2.19. The van der Waals surface area contributed by atoms with Gasteiger partial charge in [-0.3, -0.25) is 4.68 Å². The van der Waals surface area contributed by atoms with Crippen molar-refractivity contribution in [3.63, 3.8) is 0 Å². The molecule has 1 heterocycles. The summed E-state index contributed by atoms with van der Waals surface area (Å²) in [6, 6.07) is 6.25. The predicted molar refractivity (Wildman–Crippen MR) is 69.8 cm³/mol. The molecule has 2 rings (SSSR count). The lowest BCUT2D eigenvalue weighted by molar-refractivity contribution is 0.615. The van der Waals surface area contributed by atoms with Gasteiger partial charge in [0.25, 0.3) is 0 Å². The highest BCUT2D eigenvalue weighted by atomic mass is 19.1. The number of aryl methyl sites for hydroxylation is 1. The first-order valence-corrected chi connectivity index (χ1v) is 5.97. The van der Waals surface area contributed by atoms with E-state index in [-0.39, 0.29) is 0 Å². The minimum atomic E-state index is -0.408. The molecule has 0 spiro atoms. The molecule has 1 aromatic heterocycles. The van der Waals surface area contributed by atoms with E-state index in [0.717, 1.165) is 17.0 Å². The van der Waals surface area contributed by atoms with Gasteiger partial charge >= 0.3 is 0 Å². The molecule has 0 unspecified atom stereocenters. The molecule has 1 aromatic carbocycles. The van der Waals surface area contributed by atoms with Gasteiger partial charge in [-0.2, -0.15) is 10.4 Å².